The Hall–Kier alpha value is -2.06. The normalized spacial score (nSPS) is 15.9. The second-order valence-electron chi connectivity index (χ2n) is 4.71. The van der Waals surface area contributed by atoms with Gasteiger partial charge in [-0.25, -0.2) is 0 Å². The number of thiocarbonyl (C=S) groups is 1. The quantitative estimate of drug-likeness (QED) is 0.534. The van der Waals surface area contributed by atoms with Crippen LogP contribution in [0.1, 0.15) is 19.4 Å². The largest absolute Gasteiger partial charge is 0.548 e. The fourth-order valence-corrected chi connectivity index (χ4v) is 3.33. The second-order valence-corrected chi connectivity index (χ2v) is 6.39. The summed E-state index contributed by atoms with van der Waals surface area (Å²) in [5.74, 6) is -0.590. The highest BCUT2D eigenvalue weighted by molar-refractivity contribution is 8.26. The van der Waals surface area contributed by atoms with Gasteiger partial charge in [0.05, 0.1) is 30.6 Å². The van der Waals surface area contributed by atoms with Crippen LogP contribution in [0.5, 0.6) is 11.5 Å². The Kier molecular flexibility index (Phi) is 6.22. The van der Waals surface area contributed by atoms with Gasteiger partial charge in [0, 0.05) is 0 Å². The van der Waals surface area contributed by atoms with Gasteiger partial charge in [0.25, 0.3) is 5.91 Å². The predicted molar refractivity (Wildman–Crippen MR) is 93.7 cm³/mol. The molecule has 2 rings (SSSR count). The van der Waals surface area contributed by atoms with Crippen molar-refractivity contribution in [3.63, 3.8) is 0 Å². The van der Waals surface area contributed by atoms with E-state index >= 15 is 0 Å². The Balaban J connectivity index is 2.27. The van der Waals surface area contributed by atoms with Crippen LogP contribution in [-0.4, -0.2) is 40.9 Å². The molecule has 1 aromatic carbocycles. The van der Waals surface area contributed by atoms with Crippen molar-refractivity contribution in [2.24, 2.45) is 0 Å². The fourth-order valence-electron chi connectivity index (χ4n) is 2.07. The lowest BCUT2D eigenvalue weighted by molar-refractivity contribution is -0.305. The first-order valence-corrected chi connectivity index (χ1v) is 8.53. The zero-order valence-corrected chi connectivity index (χ0v) is 14.9. The minimum absolute atomic E-state index is 0.200. The van der Waals surface area contributed by atoms with Crippen LogP contribution in [0.3, 0.4) is 0 Å². The van der Waals surface area contributed by atoms with Crippen LogP contribution < -0.4 is 14.6 Å². The molecule has 0 radical (unpaired) electrons. The topological polar surface area (TPSA) is 78.9 Å². The molecule has 8 heteroatoms. The van der Waals surface area contributed by atoms with Crippen LogP contribution in [0.15, 0.2) is 23.1 Å². The van der Waals surface area contributed by atoms with Crippen molar-refractivity contribution in [3.05, 3.63) is 28.7 Å². The van der Waals surface area contributed by atoms with Gasteiger partial charge in [0.15, 0.2) is 11.5 Å². The number of nitrogens with zero attached hydrogens (tertiary/aromatic N) is 1. The second kappa shape index (κ2) is 8.16. The summed E-state index contributed by atoms with van der Waals surface area (Å²) in [7, 11) is 0. The van der Waals surface area contributed by atoms with Crippen LogP contribution in [0.4, 0.5) is 0 Å². The molecule has 1 aliphatic rings. The molecular formula is C16H16NO5S2-. The van der Waals surface area contributed by atoms with Gasteiger partial charge >= 0.3 is 0 Å². The van der Waals surface area contributed by atoms with Crippen molar-refractivity contribution in [3.8, 4) is 11.5 Å². The number of aliphatic carboxylic acids is 1. The van der Waals surface area contributed by atoms with E-state index in [9.17, 15) is 14.7 Å². The summed E-state index contributed by atoms with van der Waals surface area (Å²) in [5, 5.41) is 10.7. The summed E-state index contributed by atoms with van der Waals surface area (Å²) in [6.45, 7) is 4.20. The molecule has 1 aliphatic heterocycles. The number of benzene rings is 1. The van der Waals surface area contributed by atoms with Crippen LogP contribution >= 0.6 is 24.0 Å². The Labute approximate surface area is 149 Å². The van der Waals surface area contributed by atoms with E-state index in [2.05, 4.69) is 0 Å². The minimum atomic E-state index is -1.35. The van der Waals surface area contributed by atoms with E-state index in [1.807, 2.05) is 13.8 Å². The average molecular weight is 366 g/mol. The van der Waals surface area contributed by atoms with E-state index in [-0.39, 0.29) is 4.32 Å². The van der Waals surface area contributed by atoms with Gasteiger partial charge in [0.1, 0.15) is 4.32 Å². The van der Waals surface area contributed by atoms with Crippen LogP contribution in [0, 0.1) is 0 Å². The maximum absolute atomic E-state index is 12.2. The van der Waals surface area contributed by atoms with Gasteiger partial charge in [-0.3, -0.25) is 9.69 Å². The van der Waals surface area contributed by atoms with E-state index in [1.165, 1.54) is 0 Å². The number of rotatable bonds is 7. The molecule has 24 heavy (non-hydrogen) atoms. The van der Waals surface area contributed by atoms with Crippen LogP contribution in [0.25, 0.3) is 6.08 Å². The number of ether oxygens (including phenoxy) is 2. The van der Waals surface area contributed by atoms with Gasteiger partial charge in [-0.15, -0.1) is 0 Å². The smallest absolute Gasteiger partial charge is 0.266 e. The summed E-state index contributed by atoms with van der Waals surface area (Å²) < 4.78 is 11.2. The van der Waals surface area contributed by atoms with Gasteiger partial charge in [0.2, 0.25) is 0 Å². The first kappa shape index (κ1) is 18.3. The average Bonchev–Trinajstić information content (AvgIpc) is 2.77. The number of hydrogen-bond donors (Lipinski definition) is 0. The van der Waals surface area contributed by atoms with E-state index in [0.717, 1.165) is 22.2 Å². The molecule has 1 heterocycles. The van der Waals surface area contributed by atoms with Crippen molar-refractivity contribution < 1.29 is 24.2 Å². The summed E-state index contributed by atoms with van der Waals surface area (Å²) >= 11 is 6.10. The lowest BCUT2D eigenvalue weighted by atomic mass is 10.2. The third kappa shape index (κ3) is 4.27. The van der Waals surface area contributed by atoms with Gasteiger partial charge in [-0.1, -0.05) is 30.0 Å². The van der Waals surface area contributed by atoms with E-state index < -0.39 is 18.4 Å². The summed E-state index contributed by atoms with van der Waals surface area (Å²) in [6, 6.07) is 5.32. The molecular weight excluding hydrogens is 350 g/mol. The standard InChI is InChI=1S/C16H17NO5S2/c1-3-21-11-6-5-10(7-12(11)22-4-2)8-13-15(20)17(9-14(18)19)16(23)24-13/h5-8H,3-4,9H2,1-2H3,(H,18,19)/p-1/b13-8+. The van der Waals surface area contributed by atoms with Crippen molar-refractivity contribution in [1.29, 1.82) is 0 Å². The molecule has 0 unspecified atom stereocenters. The molecule has 0 spiro atoms. The SMILES string of the molecule is CCOc1ccc(/C=C2/SC(=S)N(CC(=O)[O-])C2=O)cc1OCC. The lowest BCUT2D eigenvalue weighted by Gasteiger charge is -2.14. The van der Waals surface area contributed by atoms with E-state index in [4.69, 9.17) is 21.7 Å². The fraction of sp³-hybridized carbons (Fsp3) is 0.312. The molecule has 0 saturated carbocycles. The number of carboxylic acids is 1. The van der Waals surface area contributed by atoms with Gasteiger partial charge in [-0.05, 0) is 37.6 Å². The molecule has 0 aliphatic carbocycles. The number of hydrogen-bond acceptors (Lipinski definition) is 7. The van der Waals surface area contributed by atoms with Gasteiger partial charge < -0.3 is 19.4 Å². The molecule has 1 saturated heterocycles. The number of amides is 1. The van der Waals surface area contributed by atoms with Crippen molar-refractivity contribution in [1.82, 2.24) is 4.90 Å². The van der Waals surface area contributed by atoms with Crippen molar-refractivity contribution >= 4 is 46.3 Å². The van der Waals surface area contributed by atoms with Crippen LogP contribution in [-0.2, 0) is 9.59 Å². The first-order valence-electron chi connectivity index (χ1n) is 7.31. The number of carbonyl (C=O) groups is 2. The third-order valence-corrected chi connectivity index (χ3v) is 4.40. The molecule has 128 valence electrons. The van der Waals surface area contributed by atoms with Gasteiger partial charge in [-0.2, -0.15) is 0 Å². The van der Waals surface area contributed by atoms with E-state index in [1.54, 1.807) is 24.3 Å². The monoisotopic (exact) mass is 366 g/mol. The van der Waals surface area contributed by atoms with Crippen molar-refractivity contribution in [2.75, 3.05) is 19.8 Å². The minimum Gasteiger partial charge on any atom is -0.548 e. The molecule has 0 atom stereocenters. The first-order chi connectivity index (χ1) is 11.5. The highest BCUT2D eigenvalue weighted by Crippen LogP contribution is 2.34. The predicted octanol–water partition coefficient (Wildman–Crippen LogP) is 1.44. The van der Waals surface area contributed by atoms with E-state index in [0.29, 0.717) is 29.6 Å². The maximum atomic E-state index is 12.2. The molecule has 0 N–H and O–H groups in total. The summed E-state index contributed by atoms with van der Waals surface area (Å²) in [6.07, 6.45) is 1.65. The number of carbonyl (C=O) groups excluding carboxylic acids is 2. The zero-order chi connectivity index (χ0) is 17.7. The highest BCUT2D eigenvalue weighted by Gasteiger charge is 2.31. The lowest BCUT2D eigenvalue weighted by Crippen LogP contribution is -2.40. The number of thioether (sulfide) groups is 1. The van der Waals surface area contributed by atoms with Crippen LogP contribution in [0.2, 0.25) is 0 Å². The molecule has 6 nitrogen and oxygen atoms in total. The zero-order valence-electron chi connectivity index (χ0n) is 13.2. The number of carboxylic acid groups (broad SMARTS) is 1. The third-order valence-electron chi connectivity index (χ3n) is 3.03. The highest BCUT2D eigenvalue weighted by atomic mass is 32.2. The Morgan fingerprint density at radius 2 is 1.96 bits per heavy atom. The van der Waals surface area contributed by atoms with Crippen molar-refractivity contribution in [2.45, 2.75) is 13.8 Å². The Bertz CT molecular complexity index is 702. The maximum Gasteiger partial charge on any atom is 0.266 e. The molecule has 0 aromatic heterocycles. The Morgan fingerprint density at radius 3 is 2.58 bits per heavy atom. The molecule has 0 bridgehead atoms. The molecule has 1 amide bonds. The Morgan fingerprint density at radius 1 is 1.29 bits per heavy atom. The molecule has 1 fully saturated rings. The summed E-state index contributed by atoms with van der Waals surface area (Å²) in [4.78, 5) is 24.3. The molecule has 1 aromatic rings. The summed E-state index contributed by atoms with van der Waals surface area (Å²) in [5.41, 5.74) is 0.732.